The Balaban J connectivity index is 3.58. The van der Waals surface area contributed by atoms with Gasteiger partial charge >= 0.3 is 24.2 Å². The SMILES string of the molecule is Cn1nnc(C(F)(F)C(F)(F)F)c1C(F)(F)C(F)(F)F. The smallest absolute Gasteiger partial charge is 0.245 e. The summed E-state index contributed by atoms with van der Waals surface area (Å²) in [6.07, 6.45) is -12.8. The molecule has 0 fully saturated rings. The molecule has 0 aliphatic rings. The summed E-state index contributed by atoms with van der Waals surface area (Å²) >= 11 is 0. The third kappa shape index (κ3) is 2.28. The number of aryl methyl sites for hydroxylation is 1. The van der Waals surface area contributed by atoms with Crippen molar-refractivity contribution in [2.75, 3.05) is 0 Å². The summed E-state index contributed by atoms with van der Waals surface area (Å²) in [5.41, 5.74) is -5.47. The molecule has 0 aliphatic heterocycles. The zero-order valence-corrected chi connectivity index (χ0v) is 9.12. The number of nitrogens with zero attached hydrogens (tertiary/aromatic N) is 3. The Labute approximate surface area is 103 Å². The van der Waals surface area contributed by atoms with Gasteiger partial charge < -0.3 is 0 Å². The van der Waals surface area contributed by atoms with Crippen LogP contribution in [0.4, 0.5) is 43.9 Å². The van der Waals surface area contributed by atoms with Crippen LogP contribution < -0.4 is 0 Å². The van der Waals surface area contributed by atoms with E-state index in [-0.39, 0.29) is 0 Å². The number of hydrogen-bond acceptors (Lipinski definition) is 2. The standard InChI is InChI=1S/C7H3F10N3/c1-20-3(5(10,11)7(15,16)17)2(18-19-20)4(8,9)6(12,13)14/h1H3. The molecule has 0 N–H and O–H groups in total. The van der Waals surface area contributed by atoms with E-state index in [9.17, 15) is 43.9 Å². The van der Waals surface area contributed by atoms with Crippen molar-refractivity contribution < 1.29 is 43.9 Å². The van der Waals surface area contributed by atoms with Crippen molar-refractivity contribution in [2.24, 2.45) is 7.05 Å². The summed E-state index contributed by atoms with van der Waals surface area (Å²) in [5, 5.41) is 4.48. The maximum Gasteiger partial charge on any atom is 0.459 e. The van der Waals surface area contributed by atoms with Crippen molar-refractivity contribution in [3.63, 3.8) is 0 Å². The molecule has 116 valence electrons. The fourth-order valence-corrected chi connectivity index (χ4v) is 1.19. The summed E-state index contributed by atoms with van der Waals surface area (Å²) in [5.74, 6) is -12.0. The number of rotatable bonds is 2. The topological polar surface area (TPSA) is 30.7 Å². The van der Waals surface area contributed by atoms with Crippen molar-refractivity contribution in [1.82, 2.24) is 15.0 Å². The van der Waals surface area contributed by atoms with Crippen LogP contribution in [0.3, 0.4) is 0 Å². The number of hydrogen-bond donors (Lipinski definition) is 0. The van der Waals surface area contributed by atoms with Gasteiger partial charge in [-0.3, -0.25) is 0 Å². The summed E-state index contributed by atoms with van der Waals surface area (Å²) in [6, 6.07) is 0. The zero-order valence-electron chi connectivity index (χ0n) is 9.12. The average Bonchev–Trinajstić information content (AvgIpc) is 2.57. The molecule has 3 nitrogen and oxygen atoms in total. The molecule has 1 aromatic heterocycles. The van der Waals surface area contributed by atoms with Crippen molar-refractivity contribution >= 4 is 0 Å². The van der Waals surface area contributed by atoms with Gasteiger partial charge in [0.25, 0.3) is 0 Å². The molecule has 0 radical (unpaired) electrons. The average molecular weight is 319 g/mol. The first-order chi connectivity index (χ1) is 8.64. The Morgan fingerprint density at radius 2 is 1.15 bits per heavy atom. The van der Waals surface area contributed by atoms with Crippen LogP contribution in [-0.2, 0) is 18.9 Å². The molecule has 0 amide bonds. The Morgan fingerprint density at radius 1 is 0.750 bits per heavy atom. The van der Waals surface area contributed by atoms with E-state index in [1.807, 2.05) is 0 Å². The van der Waals surface area contributed by atoms with Crippen LogP contribution in [0.25, 0.3) is 0 Å². The predicted octanol–water partition coefficient (Wildman–Crippen LogP) is 3.12. The van der Waals surface area contributed by atoms with Gasteiger partial charge in [-0.2, -0.15) is 43.9 Å². The van der Waals surface area contributed by atoms with Gasteiger partial charge in [0.15, 0.2) is 5.69 Å². The highest BCUT2D eigenvalue weighted by molar-refractivity contribution is 5.24. The lowest BCUT2D eigenvalue weighted by molar-refractivity contribution is -0.304. The lowest BCUT2D eigenvalue weighted by Gasteiger charge is -2.23. The van der Waals surface area contributed by atoms with Gasteiger partial charge in [-0.15, -0.1) is 5.10 Å². The van der Waals surface area contributed by atoms with Gasteiger partial charge in [0, 0.05) is 7.05 Å². The zero-order chi connectivity index (χ0) is 16.1. The highest BCUT2D eigenvalue weighted by Gasteiger charge is 2.68. The van der Waals surface area contributed by atoms with Crippen molar-refractivity contribution in [1.29, 1.82) is 0 Å². The van der Waals surface area contributed by atoms with Crippen LogP contribution in [0, 0.1) is 0 Å². The van der Waals surface area contributed by atoms with E-state index in [0.29, 0.717) is 7.05 Å². The largest absolute Gasteiger partial charge is 0.459 e. The summed E-state index contributed by atoms with van der Waals surface area (Å²) in [6.45, 7) is 0. The predicted molar refractivity (Wildman–Crippen MR) is 40.9 cm³/mol. The first-order valence-electron chi connectivity index (χ1n) is 4.43. The lowest BCUT2D eigenvalue weighted by atomic mass is 10.1. The summed E-state index contributed by atoms with van der Waals surface area (Å²) in [4.78, 5) is 0. The third-order valence-corrected chi connectivity index (χ3v) is 2.13. The molecule has 1 aromatic rings. The third-order valence-electron chi connectivity index (χ3n) is 2.13. The highest BCUT2D eigenvalue weighted by Crippen LogP contribution is 2.50. The Bertz CT molecular complexity index is 496. The van der Waals surface area contributed by atoms with E-state index in [1.54, 1.807) is 0 Å². The molecule has 0 aromatic carbocycles. The second-order valence-electron chi connectivity index (χ2n) is 3.55. The van der Waals surface area contributed by atoms with Crippen LogP contribution in [0.2, 0.25) is 0 Å². The molecular weight excluding hydrogens is 316 g/mol. The second kappa shape index (κ2) is 4.22. The quantitative estimate of drug-likeness (QED) is 0.784. The summed E-state index contributed by atoms with van der Waals surface area (Å²) in [7, 11) is 0.331. The maximum atomic E-state index is 13.0. The lowest BCUT2D eigenvalue weighted by Crippen LogP contribution is -2.41. The van der Waals surface area contributed by atoms with E-state index in [0.717, 1.165) is 0 Å². The molecular formula is C7H3F10N3. The van der Waals surface area contributed by atoms with E-state index < -0.39 is 40.3 Å². The van der Waals surface area contributed by atoms with Crippen LogP contribution in [0.15, 0.2) is 0 Å². The van der Waals surface area contributed by atoms with Crippen molar-refractivity contribution in [2.45, 2.75) is 24.2 Å². The monoisotopic (exact) mass is 319 g/mol. The molecule has 0 atom stereocenters. The van der Waals surface area contributed by atoms with Gasteiger partial charge in [-0.1, -0.05) is 5.21 Å². The maximum absolute atomic E-state index is 13.0. The van der Waals surface area contributed by atoms with E-state index in [2.05, 4.69) is 10.3 Å². The van der Waals surface area contributed by atoms with Crippen LogP contribution in [-0.4, -0.2) is 27.3 Å². The van der Waals surface area contributed by atoms with E-state index in [4.69, 9.17) is 0 Å². The van der Waals surface area contributed by atoms with Gasteiger partial charge in [-0.05, 0) is 0 Å². The molecule has 1 rings (SSSR count). The normalized spacial score (nSPS) is 14.8. The number of alkyl halides is 10. The summed E-state index contributed by atoms with van der Waals surface area (Å²) < 4.78 is 124. The van der Waals surface area contributed by atoms with Gasteiger partial charge in [-0.25, -0.2) is 4.68 Å². The molecule has 0 spiro atoms. The van der Waals surface area contributed by atoms with Crippen LogP contribution in [0.1, 0.15) is 11.4 Å². The van der Waals surface area contributed by atoms with E-state index >= 15 is 0 Å². The highest BCUT2D eigenvalue weighted by atomic mass is 19.4. The second-order valence-corrected chi connectivity index (χ2v) is 3.55. The molecule has 1 heterocycles. The molecule has 0 aliphatic carbocycles. The Kier molecular flexibility index (Phi) is 3.48. The van der Waals surface area contributed by atoms with Crippen molar-refractivity contribution in [3.05, 3.63) is 11.4 Å². The van der Waals surface area contributed by atoms with Crippen molar-refractivity contribution in [3.8, 4) is 0 Å². The Morgan fingerprint density at radius 3 is 1.50 bits per heavy atom. The number of aromatic nitrogens is 3. The van der Waals surface area contributed by atoms with E-state index in [1.165, 1.54) is 0 Å². The van der Waals surface area contributed by atoms with Crippen LogP contribution >= 0.6 is 0 Å². The molecule has 0 unspecified atom stereocenters. The van der Waals surface area contributed by atoms with Crippen LogP contribution in [0.5, 0.6) is 0 Å². The first kappa shape index (κ1) is 16.5. The molecule has 0 bridgehead atoms. The minimum atomic E-state index is -6.40. The molecule has 0 saturated carbocycles. The molecule has 0 saturated heterocycles. The fourth-order valence-electron chi connectivity index (χ4n) is 1.19. The Hall–Kier alpha value is -1.56. The van der Waals surface area contributed by atoms with Gasteiger partial charge in [0.1, 0.15) is 5.69 Å². The number of halogens is 10. The minimum Gasteiger partial charge on any atom is -0.245 e. The molecule has 13 heteroatoms. The minimum absolute atomic E-state index is 0.331. The van der Waals surface area contributed by atoms with Gasteiger partial charge in [0.2, 0.25) is 0 Å². The first-order valence-corrected chi connectivity index (χ1v) is 4.43. The molecule has 20 heavy (non-hydrogen) atoms. The van der Waals surface area contributed by atoms with Gasteiger partial charge in [0.05, 0.1) is 0 Å². The fraction of sp³-hybridized carbons (Fsp3) is 0.714.